The topological polar surface area (TPSA) is 70.5 Å². The first-order valence-electron chi connectivity index (χ1n) is 12.9. The van der Waals surface area contributed by atoms with Crippen molar-refractivity contribution >= 4 is 28.5 Å². The van der Waals surface area contributed by atoms with Gasteiger partial charge in [-0.1, -0.05) is 48.5 Å². The van der Waals surface area contributed by atoms with Crippen LogP contribution in [0.25, 0.3) is 16.7 Å². The fourth-order valence-corrected chi connectivity index (χ4v) is 5.03. The van der Waals surface area contributed by atoms with Crippen LogP contribution < -0.4 is 5.32 Å². The molecular weight excluding hydrogens is 462 g/mol. The molecule has 0 atom stereocenters. The maximum Gasteiger partial charge on any atom is 0.238 e. The van der Waals surface area contributed by atoms with E-state index < -0.39 is 0 Å². The van der Waals surface area contributed by atoms with Crippen LogP contribution in [0, 0.1) is 13.8 Å². The zero-order chi connectivity index (χ0) is 25.8. The van der Waals surface area contributed by atoms with E-state index in [2.05, 4.69) is 33.0 Å². The number of benzene rings is 3. The number of fused-ring (bicyclic) bond motifs is 1. The van der Waals surface area contributed by atoms with Crippen LogP contribution in [0.5, 0.6) is 0 Å². The van der Waals surface area contributed by atoms with Gasteiger partial charge >= 0.3 is 0 Å². The molecule has 0 aliphatic carbocycles. The number of nitrogens with zero attached hydrogens (tertiary/aromatic N) is 4. The van der Waals surface area contributed by atoms with Gasteiger partial charge in [-0.3, -0.25) is 19.1 Å². The molecule has 1 saturated heterocycles. The SMILES string of the molecule is Cc1cccc(C)c1NC(=O)CN1CCN(C(=O)CCc2nc3ccccc3n2-c2ccccc2)CC1. The second kappa shape index (κ2) is 11.0. The van der Waals surface area contributed by atoms with E-state index in [1.54, 1.807) is 0 Å². The van der Waals surface area contributed by atoms with Crippen LogP contribution in [0.1, 0.15) is 23.4 Å². The third-order valence-corrected chi connectivity index (χ3v) is 7.04. The van der Waals surface area contributed by atoms with Gasteiger partial charge < -0.3 is 10.2 Å². The number of amides is 2. The highest BCUT2D eigenvalue weighted by Crippen LogP contribution is 2.23. The van der Waals surface area contributed by atoms with Crippen molar-refractivity contribution in [3.8, 4) is 5.69 Å². The molecule has 0 radical (unpaired) electrons. The van der Waals surface area contributed by atoms with E-state index in [1.807, 2.05) is 73.3 Å². The minimum atomic E-state index is -0.0167. The number of hydrogen-bond donors (Lipinski definition) is 1. The van der Waals surface area contributed by atoms with Crippen molar-refractivity contribution < 1.29 is 9.59 Å². The Labute approximate surface area is 217 Å². The Morgan fingerprint density at radius 1 is 0.838 bits per heavy atom. The minimum Gasteiger partial charge on any atom is -0.340 e. The van der Waals surface area contributed by atoms with Crippen LogP contribution in [0.3, 0.4) is 0 Å². The number of anilines is 1. The van der Waals surface area contributed by atoms with E-state index in [9.17, 15) is 9.59 Å². The van der Waals surface area contributed by atoms with Crippen molar-refractivity contribution in [3.63, 3.8) is 0 Å². The Balaban J connectivity index is 1.16. The molecule has 4 aromatic rings. The number of aromatic nitrogens is 2. The van der Waals surface area contributed by atoms with E-state index in [0.717, 1.165) is 39.4 Å². The first-order chi connectivity index (χ1) is 18.0. The highest BCUT2D eigenvalue weighted by Gasteiger charge is 2.23. The number of aryl methyl sites for hydroxylation is 3. The van der Waals surface area contributed by atoms with Gasteiger partial charge in [0.2, 0.25) is 11.8 Å². The Hall–Kier alpha value is -3.97. The summed E-state index contributed by atoms with van der Waals surface area (Å²) in [6, 6.07) is 24.2. The van der Waals surface area contributed by atoms with Crippen molar-refractivity contribution in [3.05, 3.63) is 89.7 Å². The van der Waals surface area contributed by atoms with E-state index in [-0.39, 0.29) is 11.8 Å². The molecule has 1 aliphatic rings. The summed E-state index contributed by atoms with van der Waals surface area (Å²) >= 11 is 0. The summed E-state index contributed by atoms with van der Waals surface area (Å²) in [6.45, 7) is 6.97. The molecule has 2 amide bonds. The summed E-state index contributed by atoms with van der Waals surface area (Å²) in [5.74, 6) is 1.01. The number of piperazine rings is 1. The van der Waals surface area contributed by atoms with Gasteiger partial charge in [-0.25, -0.2) is 4.98 Å². The molecule has 0 saturated carbocycles. The number of carbonyl (C=O) groups is 2. The van der Waals surface area contributed by atoms with Crippen molar-refractivity contribution in [2.45, 2.75) is 26.7 Å². The molecule has 7 heteroatoms. The second-order valence-corrected chi connectivity index (χ2v) is 9.66. The predicted molar refractivity (Wildman–Crippen MR) is 147 cm³/mol. The number of imidazole rings is 1. The molecule has 0 bridgehead atoms. The Morgan fingerprint density at radius 2 is 1.51 bits per heavy atom. The molecule has 1 aromatic heterocycles. The molecule has 37 heavy (non-hydrogen) atoms. The summed E-state index contributed by atoms with van der Waals surface area (Å²) < 4.78 is 2.15. The molecule has 5 rings (SSSR count). The molecule has 190 valence electrons. The third kappa shape index (κ3) is 5.57. The molecule has 3 aromatic carbocycles. The van der Waals surface area contributed by atoms with Crippen LogP contribution >= 0.6 is 0 Å². The predicted octanol–water partition coefficient (Wildman–Crippen LogP) is 4.36. The lowest BCUT2D eigenvalue weighted by molar-refractivity contribution is -0.133. The lowest BCUT2D eigenvalue weighted by Gasteiger charge is -2.34. The largest absolute Gasteiger partial charge is 0.340 e. The quantitative estimate of drug-likeness (QED) is 0.414. The molecule has 0 unspecified atom stereocenters. The molecule has 1 N–H and O–H groups in total. The number of para-hydroxylation sites is 4. The normalized spacial score (nSPS) is 14.2. The zero-order valence-electron chi connectivity index (χ0n) is 21.5. The maximum absolute atomic E-state index is 13.1. The van der Waals surface area contributed by atoms with E-state index in [1.165, 1.54) is 0 Å². The zero-order valence-corrected chi connectivity index (χ0v) is 21.5. The molecule has 0 spiro atoms. The van der Waals surface area contributed by atoms with Gasteiger partial charge in [0.25, 0.3) is 0 Å². The number of carbonyl (C=O) groups excluding carboxylic acids is 2. The summed E-state index contributed by atoms with van der Waals surface area (Å²) in [5, 5.41) is 3.06. The first-order valence-corrected chi connectivity index (χ1v) is 12.9. The van der Waals surface area contributed by atoms with Gasteiger partial charge in [0.15, 0.2) is 0 Å². The number of rotatable bonds is 7. The van der Waals surface area contributed by atoms with E-state index in [4.69, 9.17) is 4.98 Å². The van der Waals surface area contributed by atoms with Gasteiger partial charge in [0.1, 0.15) is 5.82 Å². The average Bonchev–Trinajstić information content (AvgIpc) is 3.29. The highest BCUT2D eigenvalue weighted by molar-refractivity contribution is 5.93. The smallest absolute Gasteiger partial charge is 0.238 e. The molecule has 7 nitrogen and oxygen atoms in total. The van der Waals surface area contributed by atoms with Crippen molar-refractivity contribution in [2.24, 2.45) is 0 Å². The van der Waals surface area contributed by atoms with Crippen molar-refractivity contribution in [1.29, 1.82) is 0 Å². The third-order valence-electron chi connectivity index (χ3n) is 7.04. The van der Waals surface area contributed by atoms with E-state index in [0.29, 0.717) is 45.6 Å². The standard InChI is InChI=1S/C30H33N5O2/c1-22-9-8-10-23(2)30(22)32-28(36)21-33-17-19-34(20-18-33)29(37)16-15-27-31-25-13-6-7-14-26(25)35(27)24-11-4-3-5-12-24/h3-14H,15-21H2,1-2H3,(H,32,36). The monoisotopic (exact) mass is 495 g/mol. The van der Waals surface area contributed by atoms with Crippen LogP contribution in [0.4, 0.5) is 5.69 Å². The second-order valence-electron chi connectivity index (χ2n) is 9.66. The van der Waals surface area contributed by atoms with E-state index >= 15 is 0 Å². The fraction of sp³-hybridized carbons (Fsp3) is 0.300. The van der Waals surface area contributed by atoms with Crippen LogP contribution in [-0.2, 0) is 16.0 Å². The number of nitrogens with one attached hydrogen (secondary N) is 1. The van der Waals surface area contributed by atoms with Gasteiger partial charge in [0.05, 0.1) is 17.6 Å². The fourth-order valence-electron chi connectivity index (χ4n) is 5.03. The molecule has 2 heterocycles. The maximum atomic E-state index is 13.1. The Morgan fingerprint density at radius 3 is 2.24 bits per heavy atom. The average molecular weight is 496 g/mol. The van der Waals surface area contributed by atoms with Gasteiger partial charge in [0, 0.05) is 50.4 Å². The Bertz CT molecular complexity index is 1380. The lowest BCUT2D eigenvalue weighted by Crippen LogP contribution is -2.50. The van der Waals surface area contributed by atoms with Crippen LogP contribution in [0.2, 0.25) is 0 Å². The number of hydrogen-bond acceptors (Lipinski definition) is 4. The Kier molecular flexibility index (Phi) is 7.32. The van der Waals surface area contributed by atoms with Crippen LogP contribution in [0.15, 0.2) is 72.8 Å². The summed E-state index contributed by atoms with van der Waals surface area (Å²) in [7, 11) is 0. The highest BCUT2D eigenvalue weighted by atomic mass is 16.2. The van der Waals surface area contributed by atoms with Gasteiger partial charge in [-0.2, -0.15) is 0 Å². The lowest BCUT2D eigenvalue weighted by atomic mass is 10.1. The minimum absolute atomic E-state index is 0.0167. The van der Waals surface area contributed by atoms with Crippen molar-refractivity contribution in [1.82, 2.24) is 19.4 Å². The van der Waals surface area contributed by atoms with Gasteiger partial charge in [-0.05, 0) is 49.2 Å². The van der Waals surface area contributed by atoms with Crippen molar-refractivity contribution in [2.75, 3.05) is 38.0 Å². The molecule has 1 fully saturated rings. The summed E-state index contributed by atoms with van der Waals surface area (Å²) in [4.78, 5) is 34.6. The molecule has 1 aliphatic heterocycles. The van der Waals surface area contributed by atoms with Crippen LogP contribution in [-0.4, -0.2) is 63.9 Å². The molecular formula is C30H33N5O2. The first kappa shape index (κ1) is 24.7. The summed E-state index contributed by atoms with van der Waals surface area (Å²) in [6.07, 6.45) is 0.976. The van der Waals surface area contributed by atoms with Gasteiger partial charge in [-0.15, -0.1) is 0 Å². The summed E-state index contributed by atoms with van der Waals surface area (Å²) in [5.41, 5.74) is 6.04.